The van der Waals surface area contributed by atoms with Gasteiger partial charge in [-0.3, -0.25) is 4.40 Å². The number of aromatic nitrogens is 3. The van der Waals surface area contributed by atoms with Gasteiger partial charge in [-0.25, -0.2) is 0 Å². The van der Waals surface area contributed by atoms with Crippen LogP contribution in [-0.2, 0) is 6.42 Å². The normalized spacial score (nSPS) is 17.3. The molecule has 1 aliphatic heterocycles. The Morgan fingerprint density at radius 2 is 2.00 bits per heavy atom. The van der Waals surface area contributed by atoms with E-state index in [-0.39, 0.29) is 0 Å². The Hall–Kier alpha value is -1.62. The molecule has 0 aromatic carbocycles. The summed E-state index contributed by atoms with van der Waals surface area (Å²) in [6, 6.07) is 3.80. The van der Waals surface area contributed by atoms with Crippen LogP contribution in [0.2, 0.25) is 0 Å². The van der Waals surface area contributed by atoms with Crippen molar-refractivity contribution in [3.05, 3.63) is 24.2 Å². The van der Waals surface area contributed by atoms with Crippen molar-refractivity contribution in [1.82, 2.24) is 19.5 Å². The van der Waals surface area contributed by atoms with Crippen LogP contribution < -0.4 is 5.73 Å². The maximum Gasteiger partial charge on any atom is 0.183 e. The maximum atomic E-state index is 5.87. The number of nitrogens with zero attached hydrogens (tertiary/aromatic N) is 4. The van der Waals surface area contributed by atoms with Gasteiger partial charge >= 0.3 is 0 Å². The summed E-state index contributed by atoms with van der Waals surface area (Å²) in [7, 11) is 0. The third kappa shape index (κ3) is 2.18. The molecule has 2 aromatic rings. The van der Waals surface area contributed by atoms with Crippen LogP contribution >= 0.6 is 0 Å². The quantitative estimate of drug-likeness (QED) is 0.886. The highest BCUT2D eigenvalue weighted by molar-refractivity contribution is 5.63. The lowest BCUT2D eigenvalue weighted by molar-refractivity contribution is 0.230. The minimum atomic E-state index is 0.689. The molecule has 1 saturated heterocycles. The Morgan fingerprint density at radius 3 is 2.83 bits per heavy atom. The fraction of sp³-hybridized carbons (Fsp3) is 0.538. The number of fused-ring (bicyclic) bond motifs is 1. The summed E-state index contributed by atoms with van der Waals surface area (Å²) in [5.41, 5.74) is 7.33. The van der Waals surface area contributed by atoms with E-state index in [0.717, 1.165) is 24.4 Å². The van der Waals surface area contributed by atoms with Crippen molar-refractivity contribution >= 4 is 11.3 Å². The first kappa shape index (κ1) is 11.5. The van der Waals surface area contributed by atoms with Gasteiger partial charge in [0, 0.05) is 19.2 Å². The van der Waals surface area contributed by atoms with E-state index in [1.165, 1.54) is 32.4 Å². The molecule has 0 spiro atoms. The van der Waals surface area contributed by atoms with Gasteiger partial charge < -0.3 is 10.6 Å². The summed E-state index contributed by atoms with van der Waals surface area (Å²) in [4.78, 5) is 2.51. The molecule has 5 nitrogen and oxygen atoms in total. The van der Waals surface area contributed by atoms with Crippen LogP contribution in [0.15, 0.2) is 18.3 Å². The second-order valence-electron chi connectivity index (χ2n) is 4.93. The summed E-state index contributed by atoms with van der Waals surface area (Å²) < 4.78 is 2.00. The molecule has 0 bridgehead atoms. The summed E-state index contributed by atoms with van der Waals surface area (Å²) >= 11 is 0. The first-order valence-electron chi connectivity index (χ1n) is 6.65. The van der Waals surface area contributed by atoms with Gasteiger partial charge in [0.05, 0.1) is 5.69 Å². The number of piperidine rings is 1. The van der Waals surface area contributed by atoms with E-state index >= 15 is 0 Å². The fourth-order valence-corrected chi connectivity index (χ4v) is 2.60. The number of nitrogen functional groups attached to an aromatic ring is 1. The number of hydrogen-bond donors (Lipinski definition) is 1. The smallest absolute Gasteiger partial charge is 0.183 e. The van der Waals surface area contributed by atoms with E-state index in [1.807, 2.05) is 22.7 Å². The Kier molecular flexibility index (Phi) is 3.15. The Morgan fingerprint density at radius 1 is 1.17 bits per heavy atom. The number of likely N-dealkylation sites (tertiary alicyclic amines) is 1. The molecule has 2 N–H and O–H groups in total. The highest BCUT2D eigenvalue weighted by atomic mass is 15.3. The first-order valence-corrected chi connectivity index (χ1v) is 6.65. The number of nitrogens with two attached hydrogens (primary N) is 1. The third-order valence-electron chi connectivity index (χ3n) is 3.64. The molecule has 0 unspecified atom stereocenters. The van der Waals surface area contributed by atoms with Gasteiger partial charge in [0.2, 0.25) is 0 Å². The molecule has 0 atom stereocenters. The van der Waals surface area contributed by atoms with Gasteiger partial charge in [0.1, 0.15) is 5.82 Å². The molecule has 2 aromatic heterocycles. The largest absolute Gasteiger partial charge is 0.396 e. The molecule has 0 amide bonds. The molecule has 18 heavy (non-hydrogen) atoms. The van der Waals surface area contributed by atoms with Crippen molar-refractivity contribution in [3.8, 4) is 0 Å². The zero-order valence-corrected chi connectivity index (χ0v) is 10.5. The number of hydrogen-bond acceptors (Lipinski definition) is 4. The minimum Gasteiger partial charge on any atom is -0.396 e. The van der Waals surface area contributed by atoms with Gasteiger partial charge in [0.15, 0.2) is 5.65 Å². The summed E-state index contributed by atoms with van der Waals surface area (Å²) in [6.45, 7) is 3.51. The molecule has 1 fully saturated rings. The van der Waals surface area contributed by atoms with Crippen LogP contribution in [0.3, 0.4) is 0 Å². The SMILES string of the molecule is Nc1cccn2c(CCN3CCCCC3)nnc12. The molecule has 3 rings (SSSR count). The van der Waals surface area contributed by atoms with Crippen molar-refractivity contribution < 1.29 is 0 Å². The number of pyridine rings is 1. The topological polar surface area (TPSA) is 59.5 Å². The van der Waals surface area contributed by atoms with E-state index in [1.54, 1.807) is 0 Å². The van der Waals surface area contributed by atoms with Crippen LogP contribution in [0.1, 0.15) is 25.1 Å². The molecule has 5 heteroatoms. The van der Waals surface area contributed by atoms with E-state index in [9.17, 15) is 0 Å². The molecular weight excluding hydrogens is 226 g/mol. The average molecular weight is 245 g/mol. The lowest BCUT2D eigenvalue weighted by Crippen LogP contribution is -2.31. The van der Waals surface area contributed by atoms with Crippen molar-refractivity contribution in [3.63, 3.8) is 0 Å². The van der Waals surface area contributed by atoms with Crippen molar-refractivity contribution in [2.45, 2.75) is 25.7 Å². The van der Waals surface area contributed by atoms with Gasteiger partial charge in [-0.05, 0) is 38.1 Å². The molecule has 0 aliphatic carbocycles. The van der Waals surface area contributed by atoms with E-state index in [2.05, 4.69) is 15.1 Å². The second-order valence-corrected chi connectivity index (χ2v) is 4.93. The molecule has 0 saturated carbocycles. The lowest BCUT2D eigenvalue weighted by Gasteiger charge is -2.25. The van der Waals surface area contributed by atoms with Crippen LogP contribution in [0.25, 0.3) is 5.65 Å². The predicted molar refractivity (Wildman–Crippen MR) is 71.4 cm³/mol. The van der Waals surface area contributed by atoms with Crippen LogP contribution in [0, 0.1) is 0 Å². The van der Waals surface area contributed by atoms with Gasteiger partial charge in [-0.15, -0.1) is 10.2 Å². The second kappa shape index (κ2) is 4.94. The third-order valence-corrected chi connectivity index (χ3v) is 3.64. The summed E-state index contributed by atoms with van der Waals surface area (Å²) in [6.07, 6.45) is 6.95. The Bertz CT molecular complexity index is 527. The van der Waals surface area contributed by atoms with Gasteiger partial charge in [0.25, 0.3) is 0 Å². The highest BCUT2D eigenvalue weighted by Gasteiger charge is 2.12. The Labute approximate surface area is 107 Å². The summed E-state index contributed by atoms with van der Waals surface area (Å²) in [5.74, 6) is 1.00. The van der Waals surface area contributed by atoms with Crippen molar-refractivity contribution in [1.29, 1.82) is 0 Å². The molecule has 0 radical (unpaired) electrons. The molecule has 3 heterocycles. The van der Waals surface area contributed by atoms with Crippen LogP contribution in [-0.4, -0.2) is 39.1 Å². The zero-order valence-electron chi connectivity index (χ0n) is 10.5. The summed E-state index contributed by atoms with van der Waals surface area (Å²) in [5, 5.41) is 8.40. The van der Waals surface area contributed by atoms with Crippen LogP contribution in [0.4, 0.5) is 5.69 Å². The highest BCUT2D eigenvalue weighted by Crippen LogP contribution is 2.13. The van der Waals surface area contributed by atoms with Gasteiger partial charge in [-0.1, -0.05) is 6.42 Å². The number of rotatable bonds is 3. The van der Waals surface area contributed by atoms with Crippen molar-refractivity contribution in [2.75, 3.05) is 25.4 Å². The van der Waals surface area contributed by atoms with Crippen LogP contribution in [0.5, 0.6) is 0 Å². The maximum absolute atomic E-state index is 5.87. The predicted octanol–water partition coefficient (Wildman–Crippen LogP) is 1.34. The van der Waals surface area contributed by atoms with Crippen molar-refractivity contribution in [2.24, 2.45) is 0 Å². The zero-order chi connectivity index (χ0) is 12.4. The lowest BCUT2D eigenvalue weighted by atomic mass is 10.1. The Balaban J connectivity index is 1.72. The fourth-order valence-electron chi connectivity index (χ4n) is 2.60. The molecule has 1 aliphatic rings. The average Bonchev–Trinajstić information content (AvgIpc) is 2.82. The van der Waals surface area contributed by atoms with E-state index in [0.29, 0.717) is 5.69 Å². The number of anilines is 1. The molecule has 96 valence electrons. The minimum absolute atomic E-state index is 0.689. The monoisotopic (exact) mass is 245 g/mol. The first-order chi connectivity index (χ1) is 8.84. The van der Waals surface area contributed by atoms with E-state index < -0.39 is 0 Å². The van der Waals surface area contributed by atoms with E-state index in [4.69, 9.17) is 5.73 Å². The van der Waals surface area contributed by atoms with Gasteiger partial charge in [-0.2, -0.15) is 0 Å². The standard InChI is InChI=1S/C13H19N5/c14-11-5-4-9-18-12(15-16-13(11)18)6-10-17-7-2-1-3-8-17/h4-5,9H,1-3,6-8,10,14H2. The molecular formula is C13H19N5.